The lowest BCUT2D eigenvalue weighted by atomic mass is 9.97. The number of hydrogen-bond acceptors (Lipinski definition) is 3. The van der Waals surface area contributed by atoms with Gasteiger partial charge in [0.25, 0.3) is 0 Å². The molecule has 2 rings (SSSR count). The van der Waals surface area contributed by atoms with Crippen LogP contribution in [-0.2, 0) is 9.53 Å². The van der Waals surface area contributed by atoms with Crippen LogP contribution in [0, 0.1) is 5.92 Å². The van der Waals surface area contributed by atoms with Crippen molar-refractivity contribution in [3.8, 4) is 0 Å². The first-order valence-corrected chi connectivity index (χ1v) is 9.04. The van der Waals surface area contributed by atoms with Crippen molar-refractivity contribution in [2.75, 3.05) is 33.3 Å². The van der Waals surface area contributed by atoms with Gasteiger partial charge < -0.3 is 15.0 Å². The lowest BCUT2D eigenvalue weighted by Crippen LogP contribution is -2.48. The number of hydrogen-bond donors (Lipinski definition) is 1. The normalized spacial score (nSPS) is 22.5. The van der Waals surface area contributed by atoms with Gasteiger partial charge in [-0.2, -0.15) is 0 Å². The summed E-state index contributed by atoms with van der Waals surface area (Å²) in [6.07, 6.45) is 10.6. The van der Waals surface area contributed by atoms with Crippen LogP contribution in [0.15, 0.2) is 16.6 Å². The first-order chi connectivity index (χ1) is 11.2. The van der Waals surface area contributed by atoms with Gasteiger partial charge in [-0.1, -0.05) is 11.6 Å². The number of piperidine rings is 1. The van der Waals surface area contributed by atoms with Gasteiger partial charge in [0, 0.05) is 26.7 Å². The SMILES string of the molecule is CCOC(=O)C1CCCN(C(=NC)NCCC2=CCCCC2)C1. The molecule has 1 aliphatic carbocycles. The van der Waals surface area contributed by atoms with E-state index in [1.54, 1.807) is 5.57 Å². The first-order valence-electron chi connectivity index (χ1n) is 9.04. The minimum atomic E-state index is -0.0694. The zero-order valence-corrected chi connectivity index (χ0v) is 14.6. The Morgan fingerprint density at radius 1 is 1.43 bits per heavy atom. The van der Waals surface area contributed by atoms with Crippen molar-refractivity contribution >= 4 is 11.9 Å². The number of carbonyl (C=O) groups excluding carboxylic acids is 1. The van der Waals surface area contributed by atoms with Crippen molar-refractivity contribution in [1.29, 1.82) is 0 Å². The fourth-order valence-corrected chi connectivity index (χ4v) is 3.42. The molecular formula is C18H31N3O2. The quantitative estimate of drug-likeness (QED) is 0.366. The number of allylic oxidation sites excluding steroid dienone is 1. The van der Waals surface area contributed by atoms with E-state index in [4.69, 9.17) is 4.74 Å². The molecule has 5 nitrogen and oxygen atoms in total. The van der Waals surface area contributed by atoms with Gasteiger partial charge in [-0.05, 0) is 51.9 Å². The molecule has 0 aromatic heterocycles. The van der Waals surface area contributed by atoms with Crippen molar-refractivity contribution in [3.63, 3.8) is 0 Å². The summed E-state index contributed by atoms with van der Waals surface area (Å²) >= 11 is 0. The van der Waals surface area contributed by atoms with Gasteiger partial charge >= 0.3 is 5.97 Å². The van der Waals surface area contributed by atoms with Gasteiger partial charge in [-0.25, -0.2) is 0 Å². The van der Waals surface area contributed by atoms with Crippen molar-refractivity contribution in [3.05, 3.63) is 11.6 Å². The van der Waals surface area contributed by atoms with Crippen molar-refractivity contribution in [1.82, 2.24) is 10.2 Å². The smallest absolute Gasteiger partial charge is 0.310 e. The molecule has 2 aliphatic rings. The van der Waals surface area contributed by atoms with Crippen LogP contribution in [0.2, 0.25) is 0 Å². The first kappa shape index (κ1) is 17.8. The van der Waals surface area contributed by atoms with Gasteiger partial charge in [0.05, 0.1) is 12.5 Å². The molecule has 0 spiro atoms. The number of nitrogens with zero attached hydrogens (tertiary/aromatic N) is 2. The van der Waals surface area contributed by atoms with Gasteiger partial charge in [-0.3, -0.25) is 9.79 Å². The number of rotatable bonds is 5. The molecule has 0 saturated carbocycles. The summed E-state index contributed by atoms with van der Waals surface area (Å²) in [5.74, 6) is 0.818. The second kappa shape index (κ2) is 9.58. The predicted molar refractivity (Wildman–Crippen MR) is 93.5 cm³/mol. The van der Waals surface area contributed by atoms with Crippen LogP contribution in [0.4, 0.5) is 0 Å². The summed E-state index contributed by atoms with van der Waals surface area (Å²) in [6, 6.07) is 0. The molecule has 23 heavy (non-hydrogen) atoms. The highest BCUT2D eigenvalue weighted by Gasteiger charge is 2.28. The maximum atomic E-state index is 12.0. The summed E-state index contributed by atoms with van der Waals surface area (Å²) < 4.78 is 5.17. The van der Waals surface area contributed by atoms with Crippen LogP contribution in [0.25, 0.3) is 0 Å². The number of esters is 1. The molecule has 130 valence electrons. The van der Waals surface area contributed by atoms with Crippen LogP contribution in [0.5, 0.6) is 0 Å². The Labute approximate surface area is 140 Å². The molecule has 1 unspecified atom stereocenters. The number of carbonyl (C=O) groups is 1. The maximum Gasteiger partial charge on any atom is 0.310 e. The van der Waals surface area contributed by atoms with E-state index in [1.807, 2.05) is 14.0 Å². The van der Waals surface area contributed by atoms with Crippen LogP contribution < -0.4 is 5.32 Å². The van der Waals surface area contributed by atoms with Crippen molar-refractivity contribution in [2.24, 2.45) is 10.9 Å². The van der Waals surface area contributed by atoms with Gasteiger partial charge in [0.15, 0.2) is 5.96 Å². The average Bonchev–Trinajstić information content (AvgIpc) is 2.60. The van der Waals surface area contributed by atoms with Crippen LogP contribution in [-0.4, -0.2) is 50.1 Å². The second-order valence-corrected chi connectivity index (χ2v) is 6.37. The summed E-state index contributed by atoms with van der Waals surface area (Å²) in [5.41, 5.74) is 1.57. The second-order valence-electron chi connectivity index (χ2n) is 6.37. The lowest BCUT2D eigenvalue weighted by Gasteiger charge is -2.34. The van der Waals surface area contributed by atoms with Gasteiger partial charge in [-0.15, -0.1) is 0 Å². The topological polar surface area (TPSA) is 53.9 Å². The Hall–Kier alpha value is -1.52. The van der Waals surface area contributed by atoms with E-state index in [-0.39, 0.29) is 11.9 Å². The molecule has 0 aromatic rings. The molecule has 1 saturated heterocycles. The third kappa shape index (κ3) is 5.56. The molecule has 0 amide bonds. The van der Waals surface area contributed by atoms with E-state index in [0.29, 0.717) is 13.2 Å². The number of ether oxygens (including phenoxy) is 1. The van der Waals surface area contributed by atoms with Crippen molar-refractivity contribution in [2.45, 2.75) is 51.9 Å². The fraction of sp³-hybridized carbons (Fsp3) is 0.778. The third-order valence-electron chi connectivity index (χ3n) is 4.67. The lowest BCUT2D eigenvalue weighted by molar-refractivity contribution is -0.149. The minimum Gasteiger partial charge on any atom is -0.466 e. The number of nitrogens with one attached hydrogen (secondary N) is 1. The van der Waals surface area contributed by atoms with E-state index < -0.39 is 0 Å². The van der Waals surface area contributed by atoms with Crippen molar-refractivity contribution < 1.29 is 9.53 Å². The molecule has 1 fully saturated rings. The Morgan fingerprint density at radius 2 is 2.30 bits per heavy atom. The predicted octanol–water partition coefficient (Wildman–Crippen LogP) is 2.73. The zero-order chi connectivity index (χ0) is 16.5. The van der Waals surface area contributed by atoms with Gasteiger partial charge in [0.1, 0.15) is 0 Å². The van der Waals surface area contributed by atoms with Crippen LogP contribution in [0.3, 0.4) is 0 Å². The third-order valence-corrected chi connectivity index (χ3v) is 4.67. The van der Waals surface area contributed by atoms with E-state index in [0.717, 1.165) is 38.3 Å². The van der Waals surface area contributed by atoms with E-state index in [9.17, 15) is 4.79 Å². The van der Waals surface area contributed by atoms with E-state index in [1.165, 1.54) is 25.7 Å². The van der Waals surface area contributed by atoms with Gasteiger partial charge in [0.2, 0.25) is 0 Å². The van der Waals surface area contributed by atoms with Crippen LogP contribution >= 0.6 is 0 Å². The molecule has 1 aliphatic heterocycles. The summed E-state index contributed by atoms with van der Waals surface area (Å²) in [6.45, 7) is 4.90. The van der Waals surface area contributed by atoms with E-state index >= 15 is 0 Å². The largest absolute Gasteiger partial charge is 0.466 e. The summed E-state index contributed by atoms with van der Waals surface area (Å²) in [5, 5.41) is 3.46. The highest BCUT2D eigenvalue weighted by molar-refractivity contribution is 5.81. The monoisotopic (exact) mass is 321 g/mol. The molecule has 0 aromatic carbocycles. The summed E-state index contributed by atoms with van der Waals surface area (Å²) in [4.78, 5) is 18.5. The zero-order valence-electron chi connectivity index (χ0n) is 14.6. The average molecular weight is 321 g/mol. The molecular weight excluding hydrogens is 290 g/mol. The standard InChI is InChI=1S/C18H31N3O2/c1-3-23-17(22)16-10-7-13-21(14-16)18(19-2)20-12-11-15-8-5-4-6-9-15/h8,16H,3-7,9-14H2,1-2H3,(H,19,20). The Bertz CT molecular complexity index is 446. The molecule has 1 N–H and O–H groups in total. The van der Waals surface area contributed by atoms with Crippen LogP contribution in [0.1, 0.15) is 51.9 Å². The number of aliphatic imine (C=N–C) groups is 1. The highest BCUT2D eigenvalue weighted by Crippen LogP contribution is 2.20. The number of guanidine groups is 1. The minimum absolute atomic E-state index is 0.0247. The Morgan fingerprint density at radius 3 is 3.00 bits per heavy atom. The van der Waals surface area contributed by atoms with E-state index in [2.05, 4.69) is 21.3 Å². The molecule has 5 heteroatoms. The molecule has 0 radical (unpaired) electrons. The highest BCUT2D eigenvalue weighted by atomic mass is 16.5. The molecule has 1 atom stereocenters. The molecule has 0 bridgehead atoms. The molecule has 1 heterocycles. The summed E-state index contributed by atoms with van der Waals surface area (Å²) in [7, 11) is 1.82. The maximum absolute atomic E-state index is 12.0. The Balaban J connectivity index is 1.80. The Kier molecular flexibility index (Phi) is 7.43. The number of likely N-dealkylation sites (tertiary alicyclic amines) is 1. The fourth-order valence-electron chi connectivity index (χ4n) is 3.42.